The minimum Gasteiger partial charge on any atom is -0.489 e. The molecule has 0 unspecified atom stereocenters. The second-order valence-electron chi connectivity index (χ2n) is 4.65. The Labute approximate surface area is 124 Å². The third-order valence-corrected chi connectivity index (χ3v) is 3.36. The fraction of sp³-hybridized carbons (Fsp3) is 0.312. The summed E-state index contributed by atoms with van der Waals surface area (Å²) in [6.45, 7) is 6.36. The molecule has 1 aromatic carbocycles. The molecule has 3 nitrogen and oxygen atoms in total. The highest BCUT2D eigenvalue weighted by Gasteiger charge is 2.06. The number of rotatable bonds is 6. The molecule has 0 amide bonds. The Balaban J connectivity index is 2.10. The molecule has 4 heteroatoms. The Morgan fingerprint density at radius 1 is 1.25 bits per heavy atom. The van der Waals surface area contributed by atoms with Crippen molar-refractivity contribution >= 4 is 11.6 Å². The molecule has 0 aliphatic carbocycles. The number of aromatic nitrogens is 1. The molecular weight excluding hydrogens is 272 g/mol. The van der Waals surface area contributed by atoms with Gasteiger partial charge in [-0.25, -0.2) is 0 Å². The first kappa shape index (κ1) is 14.8. The number of nitrogens with zero attached hydrogens (tertiary/aromatic N) is 1. The average Bonchev–Trinajstić information content (AvgIpc) is 2.45. The predicted molar refractivity (Wildman–Crippen MR) is 82.1 cm³/mol. The maximum absolute atomic E-state index is 6.08. The Bertz CT molecular complexity index is 572. The smallest absolute Gasteiger partial charge is 0.124 e. The average molecular weight is 291 g/mol. The molecule has 0 saturated heterocycles. The second kappa shape index (κ2) is 7.27. The SMILES string of the molecule is CCNCc1cc(C)ccc1OCc1ccncc1Cl. The van der Waals surface area contributed by atoms with E-state index in [9.17, 15) is 0 Å². The van der Waals surface area contributed by atoms with E-state index >= 15 is 0 Å². The summed E-state index contributed by atoms with van der Waals surface area (Å²) < 4.78 is 5.90. The summed E-state index contributed by atoms with van der Waals surface area (Å²) in [4.78, 5) is 3.97. The van der Waals surface area contributed by atoms with Crippen molar-refractivity contribution in [3.63, 3.8) is 0 Å². The molecule has 0 aliphatic rings. The maximum Gasteiger partial charge on any atom is 0.124 e. The largest absolute Gasteiger partial charge is 0.489 e. The Morgan fingerprint density at radius 2 is 2.10 bits per heavy atom. The third-order valence-electron chi connectivity index (χ3n) is 3.02. The summed E-state index contributed by atoms with van der Waals surface area (Å²) in [5.41, 5.74) is 3.33. The Kier molecular flexibility index (Phi) is 5.39. The first-order chi connectivity index (χ1) is 9.70. The fourth-order valence-electron chi connectivity index (χ4n) is 1.92. The van der Waals surface area contributed by atoms with Crippen LogP contribution in [0, 0.1) is 6.92 Å². The van der Waals surface area contributed by atoms with Gasteiger partial charge in [-0.15, -0.1) is 0 Å². The zero-order valence-corrected chi connectivity index (χ0v) is 12.6. The molecule has 2 rings (SSSR count). The fourth-order valence-corrected chi connectivity index (χ4v) is 2.10. The van der Waals surface area contributed by atoms with Crippen LogP contribution in [0.25, 0.3) is 0 Å². The van der Waals surface area contributed by atoms with E-state index in [0.29, 0.717) is 11.6 Å². The molecule has 0 atom stereocenters. The van der Waals surface area contributed by atoms with Crippen molar-refractivity contribution < 1.29 is 4.74 Å². The van der Waals surface area contributed by atoms with E-state index < -0.39 is 0 Å². The van der Waals surface area contributed by atoms with Crippen LogP contribution in [0.4, 0.5) is 0 Å². The van der Waals surface area contributed by atoms with Crippen molar-refractivity contribution in [2.24, 2.45) is 0 Å². The van der Waals surface area contributed by atoms with Gasteiger partial charge in [0.2, 0.25) is 0 Å². The number of hydrogen-bond donors (Lipinski definition) is 1. The van der Waals surface area contributed by atoms with Gasteiger partial charge in [-0.2, -0.15) is 0 Å². The van der Waals surface area contributed by atoms with Crippen molar-refractivity contribution in [1.82, 2.24) is 10.3 Å². The van der Waals surface area contributed by atoms with Crippen LogP contribution < -0.4 is 10.1 Å². The minimum atomic E-state index is 0.448. The number of aryl methyl sites for hydroxylation is 1. The van der Waals surface area contributed by atoms with Crippen LogP contribution in [0.1, 0.15) is 23.6 Å². The molecule has 0 saturated carbocycles. The van der Waals surface area contributed by atoms with E-state index in [1.807, 2.05) is 12.1 Å². The van der Waals surface area contributed by atoms with Gasteiger partial charge in [0.15, 0.2) is 0 Å². The van der Waals surface area contributed by atoms with E-state index in [1.54, 1.807) is 12.4 Å². The van der Waals surface area contributed by atoms with Gasteiger partial charge in [0.05, 0.1) is 5.02 Å². The maximum atomic E-state index is 6.08. The third kappa shape index (κ3) is 3.95. The number of benzene rings is 1. The van der Waals surface area contributed by atoms with Crippen LogP contribution >= 0.6 is 11.6 Å². The molecule has 1 heterocycles. The first-order valence-electron chi connectivity index (χ1n) is 6.72. The van der Waals surface area contributed by atoms with Gasteiger partial charge in [-0.1, -0.05) is 36.2 Å². The highest BCUT2D eigenvalue weighted by molar-refractivity contribution is 6.31. The van der Waals surface area contributed by atoms with Gasteiger partial charge in [-0.3, -0.25) is 4.98 Å². The number of hydrogen-bond acceptors (Lipinski definition) is 3. The van der Waals surface area contributed by atoms with Crippen molar-refractivity contribution in [2.45, 2.75) is 27.0 Å². The van der Waals surface area contributed by atoms with Crippen LogP contribution in [0.5, 0.6) is 5.75 Å². The summed E-state index contributed by atoms with van der Waals surface area (Å²) in [5, 5.41) is 3.96. The highest BCUT2D eigenvalue weighted by atomic mass is 35.5. The van der Waals surface area contributed by atoms with Crippen LogP contribution in [0.3, 0.4) is 0 Å². The van der Waals surface area contributed by atoms with E-state index in [-0.39, 0.29) is 0 Å². The Hall–Kier alpha value is -1.58. The number of halogens is 1. The summed E-state index contributed by atoms with van der Waals surface area (Å²) in [5.74, 6) is 0.893. The van der Waals surface area contributed by atoms with E-state index in [1.165, 1.54) is 5.56 Å². The monoisotopic (exact) mass is 290 g/mol. The van der Waals surface area contributed by atoms with E-state index in [0.717, 1.165) is 30.0 Å². The molecule has 1 aromatic heterocycles. The summed E-state index contributed by atoms with van der Waals surface area (Å²) >= 11 is 6.08. The van der Waals surface area contributed by atoms with E-state index in [4.69, 9.17) is 16.3 Å². The van der Waals surface area contributed by atoms with E-state index in [2.05, 4.69) is 36.3 Å². The van der Waals surface area contributed by atoms with Gasteiger partial charge in [0, 0.05) is 30.1 Å². The lowest BCUT2D eigenvalue weighted by molar-refractivity contribution is 0.302. The summed E-state index contributed by atoms with van der Waals surface area (Å²) in [7, 11) is 0. The van der Waals surface area contributed by atoms with Gasteiger partial charge < -0.3 is 10.1 Å². The number of pyridine rings is 1. The molecule has 0 bridgehead atoms. The number of nitrogens with one attached hydrogen (secondary N) is 1. The lowest BCUT2D eigenvalue weighted by Gasteiger charge is -2.13. The zero-order chi connectivity index (χ0) is 14.4. The molecule has 2 aromatic rings. The molecule has 0 fully saturated rings. The van der Waals surface area contributed by atoms with Crippen molar-refractivity contribution in [3.05, 3.63) is 58.4 Å². The normalized spacial score (nSPS) is 10.6. The number of ether oxygens (including phenoxy) is 1. The molecular formula is C16H19ClN2O. The summed E-state index contributed by atoms with van der Waals surface area (Å²) in [6, 6.07) is 8.09. The zero-order valence-electron chi connectivity index (χ0n) is 11.8. The molecule has 0 spiro atoms. The van der Waals surface area contributed by atoms with Crippen molar-refractivity contribution in [1.29, 1.82) is 0 Å². The van der Waals surface area contributed by atoms with Gasteiger partial charge in [0.25, 0.3) is 0 Å². The topological polar surface area (TPSA) is 34.1 Å². The molecule has 20 heavy (non-hydrogen) atoms. The molecule has 0 radical (unpaired) electrons. The molecule has 1 N–H and O–H groups in total. The van der Waals surface area contributed by atoms with Crippen LogP contribution in [-0.4, -0.2) is 11.5 Å². The lowest BCUT2D eigenvalue weighted by atomic mass is 10.1. The second-order valence-corrected chi connectivity index (χ2v) is 5.05. The van der Waals surface area contributed by atoms with Crippen molar-refractivity contribution in [2.75, 3.05) is 6.54 Å². The standard InChI is InChI=1S/C16H19ClN2O/c1-3-18-9-14-8-12(2)4-5-16(14)20-11-13-6-7-19-10-15(13)17/h4-8,10,18H,3,9,11H2,1-2H3. The van der Waals surface area contributed by atoms with Crippen LogP contribution in [0.2, 0.25) is 5.02 Å². The van der Waals surface area contributed by atoms with Gasteiger partial charge in [-0.05, 0) is 25.6 Å². The molecule has 0 aliphatic heterocycles. The van der Waals surface area contributed by atoms with Gasteiger partial charge in [0.1, 0.15) is 12.4 Å². The quantitative estimate of drug-likeness (QED) is 0.880. The molecule has 106 valence electrons. The lowest BCUT2D eigenvalue weighted by Crippen LogP contribution is -2.13. The van der Waals surface area contributed by atoms with Crippen LogP contribution in [0.15, 0.2) is 36.7 Å². The predicted octanol–water partition coefficient (Wildman–Crippen LogP) is 3.73. The van der Waals surface area contributed by atoms with Gasteiger partial charge >= 0.3 is 0 Å². The van der Waals surface area contributed by atoms with Crippen LogP contribution in [-0.2, 0) is 13.2 Å². The highest BCUT2D eigenvalue weighted by Crippen LogP contribution is 2.22. The van der Waals surface area contributed by atoms with Crippen molar-refractivity contribution in [3.8, 4) is 5.75 Å². The Morgan fingerprint density at radius 3 is 2.85 bits per heavy atom. The first-order valence-corrected chi connectivity index (χ1v) is 7.10. The minimum absolute atomic E-state index is 0.448. The summed E-state index contributed by atoms with van der Waals surface area (Å²) in [6.07, 6.45) is 3.36.